The van der Waals surface area contributed by atoms with Gasteiger partial charge >= 0.3 is 0 Å². The van der Waals surface area contributed by atoms with Crippen LogP contribution in [0, 0.1) is 3.57 Å². The number of primary amides is 1. The molecular formula is C10H10INO. The van der Waals surface area contributed by atoms with Gasteiger partial charge in [0.2, 0.25) is 5.91 Å². The van der Waals surface area contributed by atoms with Crippen molar-refractivity contribution in [3.05, 3.63) is 39.0 Å². The monoisotopic (exact) mass is 287 g/mol. The van der Waals surface area contributed by atoms with Gasteiger partial charge in [-0.15, -0.1) is 0 Å². The normalized spacial score (nSPS) is 11.4. The molecule has 0 unspecified atom stereocenters. The highest BCUT2D eigenvalue weighted by Crippen LogP contribution is 2.09. The van der Waals surface area contributed by atoms with E-state index < -0.39 is 0 Å². The first-order chi connectivity index (χ1) is 6.09. The third kappa shape index (κ3) is 3.18. The predicted octanol–water partition coefficient (Wildman–Crippen LogP) is 2.18. The molecule has 2 nitrogen and oxygen atoms in total. The van der Waals surface area contributed by atoms with Crippen molar-refractivity contribution in [3.63, 3.8) is 0 Å². The zero-order chi connectivity index (χ0) is 9.84. The summed E-state index contributed by atoms with van der Waals surface area (Å²) in [5, 5.41) is 0. The van der Waals surface area contributed by atoms with Crippen molar-refractivity contribution in [2.24, 2.45) is 5.73 Å². The summed E-state index contributed by atoms with van der Waals surface area (Å²) in [6.07, 6.45) is 1.78. The smallest absolute Gasteiger partial charge is 0.244 e. The van der Waals surface area contributed by atoms with E-state index in [2.05, 4.69) is 22.6 Å². The molecule has 2 N–H and O–H groups in total. The number of amides is 1. The summed E-state index contributed by atoms with van der Waals surface area (Å²) in [5.41, 5.74) is 6.67. The number of carbonyl (C=O) groups is 1. The van der Waals surface area contributed by atoms with Crippen LogP contribution < -0.4 is 5.73 Å². The zero-order valence-corrected chi connectivity index (χ0v) is 9.41. The van der Waals surface area contributed by atoms with Crippen molar-refractivity contribution in [1.29, 1.82) is 0 Å². The number of rotatable bonds is 2. The van der Waals surface area contributed by atoms with E-state index in [-0.39, 0.29) is 5.91 Å². The number of halogens is 1. The van der Waals surface area contributed by atoms with E-state index in [1.165, 1.54) is 3.57 Å². The van der Waals surface area contributed by atoms with Crippen molar-refractivity contribution >= 4 is 34.6 Å². The fourth-order valence-electron chi connectivity index (χ4n) is 0.880. The Bertz CT molecular complexity index is 340. The molecule has 1 aromatic rings. The molecule has 13 heavy (non-hydrogen) atoms. The molecule has 0 aliphatic rings. The lowest BCUT2D eigenvalue weighted by molar-refractivity contribution is -0.114. The molecule has 0 bridgehead atoms. The summed E-state index contributed by atoms with van der Waals surface area (Å²) < 4.78 is 1.17. The van der Waals surface area contributed by atoms with Gasteiger partial charge in [0.25, 0.3) is 0 Å². The lowest BCUT2D eigenvalue weighted by Gasteiger charge is -1.96. The SMILES string of the molecule is CC(=Cc1ccc(I)cc1)C(N)=O. The Labute approximate surface area is 91.0 Å². The van der Waals surface area contributed by atoms with E-state index >= 15 is 0 Å². The van der Waals surface area contributed by atoms with Gasteiger partial charge in [0, 0.05) is 9.14 Å². The van der Waals surface area contributed by atoms with Crippen molar-refractivity contribution < 1.29 is 4.79 Å². The summed E-state index contributed by atoms with van der Waals surface area (Å²) in [4.78, 5) is 10.7. The topological polar surface area (TPSA) is 43.1 Å². The van der Waals surface area contributed by atoms with Gasteiger partial charge in [-0.25, -0.2) is 0 Å². The Morgan fingerprint density at radius 2 is 1.92 bits per heavy atom. The molecule has 3 heteroatoms. The molecule has 0 aromatic heterocycles. The Morgan fingerprint density at radius 3 is 2.38 bits per heavy atom. The van der Waals surface area contributed by atoms with E-state index in [4.69, 9.17) is 5.73 Å². The van der Waals surface area contributed by atoms with E-state index in [1.54, 1.807) is 13.0 Å². The van der Waals surface area contributed by atoms with E-state index in [0.29, 0.717) is 5.57 Å². The minimum Gasteiger partial charge on any atom is -0.366 e. The molecule has 0 spiro atoms. The van der Waals surface area contributed by atoms with Crippen molar-refractivity contribution in [2.45, 2.75) is 6.92 Å². The predicted molar refractivity (Wildman–Crippen MR) is 62.0 cm³/mol. The van der Waals surface area contributed by atoms with Gasteiger partial charge in [-0.05, 0) is 53.3 Å². The molecule has 0 aliphatic carbocycles. The number of benzene rings is 1. The minimum atomic E-state index is -0.376. The van der Waals surface area contributed by atoms with E-state index in [1.807, 2.05) is 24.3 Å². The maximum absolute atomic E-state index is 10.7. The van der Waals surface area contributed by atoms with Crippen LogP contribution in [0.2, 0.25) is 0 Å². The average Bonchev–Trinajstić information content (AvgIpc) is 2.08. The van der Waals surface area contributed by atoms with Gasteiger partial charge in [-0.2, -0.15) is 0 Å². The quantitative estimate of drug-likeness (QED) is 0.657. The van der Waals surface area contributed by atoms with Crippen LogP contribution in [0.5, 0.6) is 0 Å². The van der Waals surface area contributed by atoms with Gasteiger partial charge in [0.05, 0.1) is 0 Å². The first kappa shape index (κ1) is 10.2. The average molecular weight is 287 g/mol. The van der Waals surface area contributed by atoms with Crippen LogP contribution in [-0.2, 0) is 4.79 Å². The molecule has 0 saturated heterocycles. The van der Waals surface area contributed by atoms with Gasteiger partial charge in [0.1, 0.15) is 0 Å². The summed E-state index contributed by atoms with van der Waals surface area (Å²) in [7, 11) is 0. The highest BCUT2D eigenvalue weighted by atomic mass is 127. The first-order valence-electron chi connectivity index (χ1n) is 3.83. The number of hydrogen-bond donors (Lipinski definition) is 1. The fraction of sp³-hybridized carbons (Fsp3) is 0.100. The maximum atomic E-state index is 10.7. The third-order valence-corrected chi connectivity index (χ3v) is 2.36. The van der Waals surface area contributed by atoms with Gasteiger partial charge < -0.3 is 5.73 Å². The van der Waals surface area contributed by atoms with Crippen molar-refractivity contribution in [2.75, 3.05) is 0 Å². The Balaban J connectivity index is 2.92. The molecule has 0 aliphatic heterocycles. The molecule has 1 rings (SSSR count). The van der Waals surface area contributed by atoms with Crippen molar-refractivity contribution in [1.82, 2.24) is 0 Å². The standard InChI is InChI=1S/C10H10INO/c1-7(10(12)13)6-8-2-4-9(11)5-3-8/h2-6H,1H3,(H2,12,13). The lowest BCUT2D eigenvalue weighted by atomic mass is 10.1. The Kier molecular flexibility index (Phi) is 3.48. The molecule has 0 heterocycles. The largest absolute Gasteiger partial charge is 0.366 e. The lowest BCUT2D eigenvalue weighted by Crippen LogP contribution is -2.11. The maximum Gasteiger partial charge on any atom is 0.244 e. The molecule has 0 radical (unpaired) electrons. The molecule has 1 amide bonds. The number of nitrogens with two attached hydrogens (primary N) is 1. The number of carbonyl (C=O) groups excluding carboxylic acids is 1. The Hall–Kier alpha value is -0.840. The summed E-state index contributed by atoms with van der Waals surface area (Å²) in [5.74, 6) is -0.376. The number of hydrogen-bond acceptors (Lipinski definition) is 1. The van der Waals surface area contributed by atoms with Crippen LogP contribution in [-0.4, -0.2) is 5.91 Å². The molecule has 0 saturated carbocycles. The minimum absolute atomic E-state index is 0.376. The second kappa shape index (κ2) is 4.41. The third-order valence-electron chi connectivity index (χ3n) is 1.64. The van der Waals surface area contributed by atoms with Crippen LogP contribution in [0.1, 0.15) is 12.5 Å². The Morgan fingerprint density at radius 1 is 1.38 bits per heavy atom. The second-order valence-electron chi connectivity index (χ2n) is 2.74. The zero-order valence-electron chi connectivity index (χ0n) is 7.25. The summed E-state index contributed by atoms with van der Waals surface area (Å²) in [6.45, 7) is 1.71. The van der Waals surface area contributed by atoms with Crippen LogP contribution in [0.25, 0.3) is 6.08 Å². The molecule has 68 valence electrons. The van der Waals surface area contributed by atoms with Crippen LogP contribution in [0.15, 0.2) is 29.8 Å². The summed E-state index contributed by atoms with van der Waals surface area (Å²) in [6, 6.07) is 7.88. The highest BCUT2D eigenvalue weighted by molar-refractivity contribution is 14.1. The molecular weight excluding hydrogens is 277 g/mol. The second-order valence-corrected chi connectivity index (χ2v) is 3.99. The van der Waals surface area contributed by atoms with Gasteiger partial charge in [-0.3, -0.25) is 4.79 Å². The van der Waals surface area contributed by atoms with Crippen LogP contribution in [0.3, 0.4) is 0 Å². The molecule has 1 aromatic carbocycles. The first-order valence-corrected chi connectivity index (χ1v) is 4.91. The van der Waals surface area contributed by atoms with Gasteiger partial charge in [0.15, 0.2) is 0 Å². The highest BCUT2D eigenvalue weighted by Gasteiger charge is 1.96. The molecule has 0 fully saturated rings. The van der Waals surface area contributed by atoms with E-state index in [0.717, 1.165) is 5.56 Å². The molecule has 0 atom stereocenters. The van der Waals surface area contributed by atoms with Crippen LogP contribution >= 0.6 is 22.6 Å². The van der Waals surface area contributed by atoms with Gasteiger partial charge in [-0.1, -0.05) is 12.1 Å². The fourth-order valence-corrected chi connectivity index (χ4v) is 1.24. The summed E-state index contributed by atoms with van der Waals surface area (Å²) >= 11 is 2.23. The van der Waals surface area contributed by atoms with E-state index in [9.17, 15) is 4.79 Å². The van der Waals surface area contributed by atoms with Crippen molar-refractivity contribution in [3.8, 4) is 0 Å². The van der Waals surface area contributed by atoms with Crippen LogP contribution in [0.4, 0.5) is 0 Å².